The lowest BCUT2D eigenvalue weighted by molar-refractivity contribution is -0.151. The second-order valence-corrected chi connectivity index (χ2v) is 5.85. The van der Waals surface area contributed by atoms with E-state index in [4.69, 9.17) is 15.3 Å². The average Bonchev–Trinajstić information content (AvgIpc) is 3.03. The van der Waals surface area contributed by atoms with Crippen molar-refractivity contribution < 1.29 is 19.2 Å². The van der Waals surface area contributed by atoms with E-state index in [1.807, 2.05) is 30.3 Å². The van der Waals surface area contributed by atoms with Gasteiger partial charge in [0.05, 0.1) is 5.92 Å². The van der Waals surface area contributed by atoms with Gasteiger partial charge in [0, 0.05) is 5.38 Å². The fourth-order valence-corrected chi connectivity index (χ4v) is 2.25. The van der Waals surface area contributed by atoms with Crippen molar-refractivity contribution in [3.05, 3.63) is 47.0 Å². The molecule has 2 aromatic rings. The van der Waals surface area contributed by atoms with Crippen LogP contribution in [0.2, 0.25) is 0 Å². The second kappa shape index (κ2) is 8.78. The van der Waals surface area contributed by atoms with Gasteiger partial charge >= 0.3 is 5.97 Å². The smallest absolute Gasteiger partial charge is 0.312 e. The number of benzene rings is 1. The Morgan fingerprint density at radius 2 is 2.17 bits per heavy atom. The van der Waals surface area contributed by atoms with Gasteiger partial charge in [0.1, 0.15) is 18.9 Å². The number of aldehydes is 1. The predicted octanol–water partition coefficient (Wildman–Crippen LogP) is 2.02. The molecular formula is C16H17N3O4S. The van der Waals surface area contributed by atoms with Crippen LogP contribution in [0.4, 0.5) is 5.13 Å². The Bertz CT molecular complexity index is 715. The van der Waals surface area contributed by atoms with Crippen molar-refractivity contribution in [1.29, 1.82) is 0 Å². The maximum atomic E-state index is 11.9. The zero-order valence-electron chi connectivity index (χ0n) is 13.0. The van der Waals surface area contributed by atoms with Crippen LogP contribution in [0, 0.1) is 5.92 Å². The predicted molar refractivity (Wildman–Crippen MR) is 90.5 cm³/mol. The van der Waals surface area contributed by atoms with Gasteiger partial charge in [-0.1, -0.05) is 35.5 Å². The first-order valence-corrected chi connectivity index (χ1v) is 8.05. The highest BCUT2D eigenvalue weighted by molar-refractivity contribution is 7.13. The molecule has 126 valence electrons. The van der Waals surface area contributed by atoms with Crippen molar-refractivity contribution in [3.8, 4) is 0 Å². The number of thiazole rings is 1. The molecule has 1 heterocycles. The van der Waals surface area contributed by atoms with Crippen LogP contribution in [-0.4, -0.2) is 29.6 Å². The van der Waals surface area contributed by atoms with Crippen molar-refractivity contribution >= 4 is 34.4 Å². The Morgan fingerprint density at radius 1 is 1.42 bits per heavy atom. The number of carbonyl (C=O) groups is 2. The molecule has 0 aliphatic heterocycles. The Hall–Kier alpha value is -2.74. The van der Waals surface area contributed by atoms with Gasteiger partial charge in [-0.3, -0.25) is 9.59 Å². The van der Waals surface area contributed by atoms with E-state index in [0.29, 0.717) is 17.1 Å². The van der Waals surface area contributed by atoms with Crippen LogP contribution in [0.15, 0.2) is 40.9 Å². The van der Waals surface area contributed by atoms with Gasteiger partial charge < -0.3 is 15.3 Å². The minimum Gasteiger partial charge on any atom is -0.461 e. The molecule has 7 nitrogen and oxygen atoms in total. The summed E-state index contributed by atoms with van der Waals surface area (Å²) in [6, 6.07) is 9.37. The van der Waals surface area contributed by atoms with E-state index < -0.39 is 11.9 Å². The summed E-state index contributed by atoms with van der Waals surface area (Å²) in [4.78, 5) is 31.9. The highest BCUT2D eigenvalue weighted by atomic mass is 32.1. The van der Waals surface area contributed by atoms with Crippen LogP contribution in [-0.2, 0) is 25.8 Å². The second-order valence-electron chi connectivity index (χ2n) is 4.96. The summed E-state index contributed by atoms with van der Waals surface area (Å²) in [5.74, 6) is -0.925. The fourth-order valence-electron chi connectivity index (χ4n) is 1.69. The Morgan fingerprint density at radius 3 is 2.79 bits per heavy atom. The number of nitrogen functional groups attached to an aromatic ring is 1. The molecule has 1 atom stereocenters. The summed E-state index contributed by atoms with van der Waals surface area (Å²) in [5, 5.41) is 5.63. The monoisotopic (exact) mass is 347 g/mol. The van der Waals surface area contributed by atoms with Crippen molar-refractivity contribution in [2.45, 2.75) is 13.5 Å². The third kappa shape index (κ3) is 5.17. The SMILES string of the molecule is CC(CO/N=C(\C=O)c1csc(N)n1)C(=O)OCc1ccccc1. The molecular weight excluding hydrogens is 330 g/mol. The van der Waals surface area contributed by atoms with E-state index in [1.54, 1.807) is 12.3 Å². The Labute approximate surface area is 143 Å². The molecule has 24 heavy (non-hydrogen) atoms. The van der Waals surface area contributed by atoms with Crippen LogP contribution in [0.3, 0.4) is 0 Å². The van der Waals surface area contributed by atoms with Crippen molar-refractivity contribution in [2.24, 2.45) is 11.1 Å². The number of ether oxygens (including phenoxy) is 1. The fraction of sp³-hybridized carbons (Fsp3) is 0.250. The molecule has 1 aromatic heterocycles. The van der Waals surface area contributed by atoms with Crippen molar-refractivity contribution in [2.75, 3.05) is 12.3 Å². The molecule has 1 unspecified atom stereocenters. The molecule has 0 bridgehead atoms. The molecule has 2 rings (SSSR count). The molecule has 8 heteroatoms. The number of anilines is 1. The number of oxime groups is 1. The van der Waals surface area contributed by atoms with E-state index in [1.165, 1.54) is 11.3 Å². The van der Waals surface area contributed by atoms with Crippen LogP contribution in [0.5, 0.6) is 0 Å². The quantitative estimate of drug-likeness (QED) is 0.339. The Balaban J connectivity index is 1.81. The molecule has 0 aliphatic rings. The molecule has 0 radical (unpaired) electrons. The number of aromatic nitrogens is 1. The number of esters is 1. The van der Waals surface area contributed by atoms with Crippen molar-refractivity contribution in [3.63, 3.8) is 0 Å². The summed E-state index contributed by atoms with van der Waals surface area (Å²) >= 11 is 1.19. The van der Waals surface area contributed by atoms with E-state index in [9.17, 15) is 9.59 Å². The highest BCUT2D eigenvalue weighted by Crippen LogP contribution is 2.12. The van der Waals surface area contributed by atoms with E-state index in [-0.39, 0.29) is 18.9 Å². The molecule has 0 saturated heterocycles. The number of nitrogens with zero attached hydrogens (tertiary/aromatic N) is 2. The summed E-state index contributed by atoms with van der Waals surface area (Å²) in [6.07, 6.45) is 0.521. The van der Waals surface area contributed by atoms with Crippen LogP contribution in [0.25, 0.3) is 0 Å². The van der Waals surface area contributed by atoms with Gasteiger partial charge in [-0.15, -0.1) is 11.3 Å². The zero-order chi connectivity index (χ0) is 17.4. The summed E-state index contributed by atoms with van der Waals surface area (Å²) < 4.78 is 5.20. The minimum absolute atomic E-state index is 0.00934. The third-order valence-electron chi connectivity index (χ3n) is 3.01. The van der Waals surface area contributed by atoms with Crippen LogP contribution >= 0.6 is 11.3 Å². The molecule has 0 amide bonds. The molecule has 0 aliphatic carbocycles. The molecule has 0 spiro atoms. The lowest BCUT2D eigenvalue weighted by atomic mass is 10.2. The first-order valence-electron chi connectivity index (χ1n) is 7.17. The third-order valence-corrected chi connectivity index (χ3v) is 3.68. The van der Waals surface area contributed by atoms with Gasteiger partial charge in [0.15, 0.2) is 17.1 Å². The zero-order valence-corrected chi connectivity index (χ0v) is 13.9. The minimum atomic E-state index is -0.522. The van der Waals surface area contributed by atoms with Crippen LogP contribution in [0.1, 0.15) is 18.2 Å². The van der Waals surface area contributed by atoms with Gasteiger partial charge in [0.2, 0.25) is 0 Å². The Kier molecular flexibility index (Phi) is 6.44. The first kappa shape index (κ1) is 17.6. The lowest BCUT2D eigenvalue weighted by Crippen LogP contribution is -2.19. The summed E-state index contributed by atoms with van der Waals surface area (Å²) in [5.41, 5.74) is 6.77. The van der Waals surface area contributed by atoms with Gasteiger partial charge in [0.25, 0.3) is 0 Å². The molecule has 0 fully saturated rings. The van der Waals surface area contributed by atoms with E-state index >= 15 is 0 Å². The van der Waals surface area contributed by atoms with Gasteiger partial charge in [-0.2, -0.15) is 0 Å². The number of hydrogen-bond acceptors (Lipinski definition) is 8. The number of nitrogens with two attached hydrogens (primary N) is 1. The standard InChI is InChI=1S/C16H17N3O4S/c1-11(15(21)22-9-12-5-3-2-4-6-12)8-23-19-13(7-20)14-10-24-16(17)18-14/h2-7,10-11H,8-9H2,1H3,(H2,17,18)/b19-13+. The molecule has 0 saturated carbocycles. The van der Waals surface area contributed by atoms with E-state index in [2.05, 4.69) is 10.1 Å². The topological polar surface area (TPSA) is 104 Å². The lowest BCUT2D eigenvalue weighted by Gasteiger charge is -2.10. The van der Waals surface area contributed by atoms with Crippen molar-refractivity contribution in [1.82, 2.24) is 4.98 Å². The maximum absolute atomic E-state index is 11.9. The molecule has 1 aromatic carbocycles. The molecule has 2 N–H and O–H groups in total. The number of rotatable bonds is 8. The first-order chi connectivity index (χ1) is 11.6. The highest BCUT2D eigenvalue weighted by Gasteiger charge is 2.16. The van der Waals surface area contributed by atoms with Crippen LogP contribution < -0.4 is 5.73 Å². The number of carbonyl (C=O) groups excluding carboxylic acids is 2. The number of hydrogen-bond donors (Lipinski definition) is 1. The largest absolute Gasteiger partial charge is 0.461 e. The summed E-state index contributed by atoms with van der Waals surface area (Å²) in [6.45, 7) is 1.85. The average molecular weight is 347 g/mol. The van der Waals surface area contributed by atoms with Gasteiger partial charge in [-0.05, 0) is 12.5 Å². The van der Waals surface area contributed by atoms with Gasteiger partial charge in [-0.25, -0.2) is 4.98 Å². The normalized spacial score (nSPS) is 12.5. The maximum Gasteiger partial charge on any atom is 0.312 e. The summed E-state index contributed by atoms with van der Waals surface area (Å²) in [7, 11) is 0. The van der Waals surface area contributed by atoms with E-state index in [0.717, 1.165) is 5.56 Å².